The molecule has 0 bridgehead atoms. The first-order valence-electron chi connectivity index (χ1n) is 4.13. The number of nitrogens with zero attached hydrogens (tertiary/aromatic N) is 1. The van der Waals surface area contributed by atoms with Crippen LogP contribution in [0.25, 0.3) is 11.1 Å². The molecule has 1 aromatic carbocycles. The minimum atomic E-state index is -0.284. The number of hydrogen-bond donors (Lipinski definition) is 1. The van der Waals surface area contributed by atoms with Crippen molar-refractivity contribution in [3.8, 4) is 11.1 Å². The maximum absolute atomic E-state index is 13.5. The van der Waals surface area contributed by atoms with Gasteiger partial charge >= 0.3 is 0 Å². The molecular weight excluding hydrogens is 203 g/mol. The highest BCUT2D eigenvalue weighted by Crippen LogP contribution is 2.27. The summed E-state index contributed by atoms with van der Waals surface area (Å²) in [6.45, 7) is 1.77. The molecule has 4 heteroatoms. The minimum absolute atomic E-state index is 0.284. The van der Waals surface area contributed by atoms with Gasteiger partial charge in [0.25, 0.3) is 0 Å². The Hall–Kier alpha value is -1.35. The van der Waals surface area contributed by atoms with Crippen molar-refractivity contribution in [1.29, 1.82) is 0 Å². The fourth-order valence-corrected chi connectivity index (χ4v) is 1.43. The second-order valence-electron chi connectivity index (χ2n) is 3.07. The van der Waals surface area contributed by atoms with Crippen LogP contribution in [0.3, 0.4) is 0 Å². The van der Waals surface area contributed by atoms with Crippen molar-refractivity contribution in [3.05, 3.63) is 40.9 Å². The molecule has 0 saturated carbocycles. The first-order chi connectivity index (χ1) is 6.68. The van der Waals surface area contributed by atoms with Gasteiger partial charge in [-0.25, -0.2) is 4.39 Å². The second-order valence-corrected chi connectivity index (χ2v) is 3.48. The van der Waals surface area contributed by atoms with Crippen LogP contribution < -0.4 is 0 Å². The van der Waals surface area contributed by atoms with Gasteiger partial charge in [0.15, 0.2) is 0 Å². The van der Waals surface area contributed by atoms with Gasteiger partial charge in [-0.3, -0.25) is 5.10 Å². The summed E-state index contributed by atoms with van der Waals surface area (Å²) in [6.07, 6.45) is 3.19. The molecule has 2 aromatic rings. The van der Waals surface area contributed by atoms with Gasteiger partial charge < -0.3 is 0 Å². The zero-order valence-electron chi connectivity index (χ0n) is 7.51. The van der Waals surface area contributed by atoms with Crippen molar-refractivity contribution >= 4 is 11.6 Å². The standard InChI is InChI=1S/C10H8ClFN2/c1-6-2-10(12)8(3-9(6)11)7-4-13-14-5-7/h2-5H,1H3,(H,13,14). The van der Waals surface area contributed by atoms with Crippen LogP contribution in [0.2, 0.25) is 5.02 Å². The molecule has 0 amide bonds. The van der Waals surface area contributed by atoms with Crippen LogP contribution in [0.5, 0.6) is 0 Å². The van der Waals surface area contributed by atoms with E-state index in [1.807, 2.05) is 0 Å². The number of benzene rings is 1. The fraction of sp³-hybridized carbons (Fsp3) is 0.100. The highest BCUT2D eigenvalue weighted by atomic mass is 35.5. The van der Waals surface area contributed by atoms with E-state index in [1.165, 1.54) is 6.07 Å². The second kappa shape index (κ2) is 3.42. The Morgan fingerprint density at radius 3 is 2.86 bits per heavy atom. The molecule has 1 heterocycles. The molecule has 1 N–H and O–H groups in total. The van der Waals surface area contributed by atoms with E-state index in [0.717, 1.165) is 5.56 Å². The van der Waals surface area contributed by atoms with E-state index in [2.05, 4.69) is 10.2 Å². The summed E-state index contributed by atoms with van der Waals surface area (Å²) in [5, 5.41) is 6.94. The molecule has 2 nitrogen and oxygen atoms in total. The normalized spacial score (nSPS) is 10.5. The van der Waals surface area contributed by atoms with Gasteiger partial charge in [0.1, 0.15) is 5.82 Å². The lowest BCUT2D eigenvalue weighted by Gasteiger charge is -2.03. The average molecular weight is 211 g/mol. The Morgan fingerprint density at radius 1 is 1.43 bits per heavy atom. The van der Waals surface area contributed by atoms with Crippen molar-refractivity contribution in [2.45, 2.75) is 6.92 Å². The van der Waals surface area contributed by atoms with Gasteiger partial charge in [-0.2, -0.15) is 5.10 Å². The van der Waals surface area contributed by atoms with Crippen LogP contribution in [0.4, 0.5) is 4.39 Å². The molecule has 0 atom stereocenters. The van der Waals surface area contributed by atoms with Crippen molar-refractivity contribution in [2.75, 3.05) is 0 Å². The Morgan fingerprint density at radius 2 is 2.21 bits per heavy atom. The fourth-order valence-electron chi connectivity index (χ4n) is 1.27. The van der Waals surface area contributed by atoms with Crippen molar-refractivity contribution in [1.82, 2.24) is 10.2 Å². The smallest absolute Gasteiger partial charge is 0.131 e. The third kappa shape index (κ3) is 1.51. The summed E-state index contributed by atoms with van der Waals surface area (Å²) in [6, 6.07) is 3.03. The van der Waals surface area contributed by atoms with E-state index in [-0.39, 0.29) is 5.82 Å². The number of nitrogens with one attached hydrogen (secondary N) is 1. The SMILES string of the molecule is Cc1cc(F)c(-c2cn[nH]c2)cc1Cl. The van der Waals surface area contributed by atoms with Gasteiger partial charge in [-0.15, -0.1) is 0 Å². The Bertz CT molecular complexity index is 451. The lowest BCUT2D eigenvalue weighted by Crippen LogP contribution is -1.85. The van der Waals surface area contributed by atoms with Crippen LogP contribution in [-0.4, -0.2) is 10.2 Å². The molecule has 0 aliphatic carbocycles. The summed E-state index contributed by atoms with van der Waals surface area (Å²) in [4.78, 5) is 0. The van der Waals surface area contributed by atoms with Gasteiger partial charge in [-0.1, -0.05) is 11.6 Å². The Kier molecular flexibility index (Phi) is 2.25. The predicted octanol–water partition coefficient (Wildman–Crippen LogP) is 3.18. The molecule has 72 valence electrons. The summed E-state index contributed by atoms with van der Waals surface area (Å²) in [5.74, 6) is -0.284. The largest absolute Gasteiger partial charge is 0.285 e. The van der Waals surface area contributed by atoms with Crippen molar-refractivity contribution in [3.63, 3.8) is 0 Å². The molecule has 0 spiro atoms. The monoisotopic (exact) mass is 210 g/mol. The number of H-pyrrole nitrogens is 1. The van der Waals surface area contributed by atoms with E-state index >= 15 is 0 Å². The van der Waals surface area contributed by atoms with Crippen LogP contribution in [0, 0.1) is 12.7 Å². The zero-order valence-corrected chi connectivity index (χ0v) is 8.27. The molecular formula is C10H8ClFN2. The van der Waals surface area contributed by atoms with Gasteiger partial charge in [0, 0.05) is 22.3 Å². The number of halogens is 2. The quantitative estimate of drug-likeness (QED) is 0.770. The average Bonchev–Trinajstić information content (AvgIpc) is 2.64. The third-order valence-electron chi connectivity index (χ3n) is 2.06. The number of aromatic amines is 1. The maximum Gasteiger partial charge on any atom is 0.131 e. The number of hydrogen-bond acceptors (Lipinski definition) is 1. The van der Waals surface area contributed by atoms with Gasteiger partial charge in [0.05, 0.1) is 6.20 Å². The van der Waals surface area contributed by atoms with E-state index in [1.54, 1.807) is 25.4 Å². The van der Waals surface area contributed by atoms with Crippen LogP contribution in [0.1, 0.15) is 5.56 Å². The highest BCUT2D eigenvalue weighted by Gasteiger charge is 2.08. The molecule has 2 rings (SSSR count). The van der Waals surface area contributed by atoms with Gasteiger partial charge in [-0.05, 0) is 24.6 Å². The highest BCUT2D eigenvalue weighted by molar-refractivity contribution is 6.31. The molecule has 14 heavy (non-hydrogen) atoms. The summed E-state index contributed by atoms with van der Waals surface area (Å²) < 4.78 is 13.5. The molecule has 0 aliphatic rings. The first kappa shape index (κ1) is 9.21. The summed E-state index contributed by atoms with van der Waals surface area (Å²) in [7, 11) is 0. The first-order valence-corrected chi connectivity index (χ1v) is 4.51. The van der Waals surface area contributed by atoms with Crippen molar-refractivity contribution in [2.24, 2.45) is 0 Å². The molecule has 0 fully saturated rings. The van der Waals surface area contributed by atoms with Crippen LogP contribution >= 0.6 is 11.6 Å². The van der Waals surface area contributed by atoms with E-state index in [9.17, 15) is 4.39 Å². The lowest BCUT2D eigenvalue weighted by molar-refractivity contribution is 0.630. The van der Waals surface area contributed by atoms with E-state index < -0.39 is 0 Å². The zero-order chi connectivity index (χ0) is 10.1. The minimum Gasteiger partial charge on any atom is -0.285 e. The summed E-state index contributed by atoms with van der Waals surface area (Å²) in [5.41, 5.74) is 1.90. The number of rotatable bonds is 1. The topological polar surface area (TPSA) is 28.7 Å². The molecule has 0 aliphatic heterocycles. The Labute approximate surface area is 85.7 Å². The molecule has 0 radical (unpaired) electrons. The van der Waals surface area contributed by atoms with E-state index in [4.69, 9.17) is 11.6 Å². The lowest BCUT2D eigenvalue weighted by atomic mass is 10.1. The Balaban J connectivity index is 2.60. The molecule has 0 saturated heterocycles. The summed E-state index contributed by atoms with van der Waals surface area (Å²) >= 11 is 5.91. The number of aryl methyl sites for hydroxylation is 1. The third-order valence-corrected chi connectivity index (χ3v) is 2.46. The predicted molar refractivity (Wildman–Crippen MR) is 53.7 cm³/mol. The molecule has 0 unspecified atom stereocenters. The number of aromatic nitrogens is 2. The molecule has 1 aromatic heterocycles. The van der Waals surface area contributed by atoms with Gasteiger partial charge in [0.2, 0.25) is 0 Å². The van der Waals surface area contributed by atoms with Crippen molar-refractivity contribution < 1.29 is 4.39 Å². The van der Waals surface area contributed by atoms with Crippen LogP contribution in [-0.2, 0) is 0 Å². The van der Waals surface area contributed by atoms with E-state index in [0.29, 0.717) is 16.1 Å². The van der Waals surface area contributed by atoms with Crippen LogP contribution in [0.15, 0.2) is 24.5 Å². The maximum atomic E-state index is 13.5.